The van der Waals surface area contributed by atoms with Crippen LogP contribution in [0.15, 0.2) is 24.5 Å². The topological polar surface area (TPSA) is 94.3 Å². The number of aromatic nitrogens is 5. The number of hydrogen-bond acceptors (Lipinski definition) is 7. The summed E-state index contributed by atoms with van der Waals surface area (Å²) in [6.07, 6.45) is 3.21. The van der Waals surface area contributed by atoms with E-state index in [1.807, 2.05) is 6.92 Å². The van der Waals surface area contributed by atoms with E-state index in [0.29, 0.717) is 15.8 Å². The van der Waals surface area contributed by atoms with Crippen molar-refractivity contribution >= 4 is 28.0 Å². The Morgan fingerprint density at radius 1 is 1.48 bits per heavy atom. The van der Waals surface area contributed by atoms with Gasteiger partial charge in [0.25, 0.3) is 5.91 Å². The van der Waals surface area contributed by atoms with E-state index >= 15 is 0 Å². The van der Waals surface area contributed by atoms with Gasteiger partial charge in [-0.2, -0.15) is 5.10 Å². The van der Waals surface area contributed by atoms with E-state index in [1.54, 1.807) is 31.6 Å². The molecule has 1 unspecified atom stereocenters. The molecule has 3 rings (SSSR count). The second-order valence-electron chi connectivity index (χ2n) is 4.23. The van der Waals surface area contributed by atoms with Crippen LogP contribution < -0.4 is 5.32 Å². The summed E-state index contributed by atoms with van der Waals surface area (Å²) in [5.74, 6) is -0.353. The number of fused-ring (bicyclic) bond motifs is 1. The van der Waals surface area contributed by atoms with E-state index in [9.17, 15) is 4.79 Å². The van der Waals surface area contributed by atoms with Crippen LogP contribution in [0.1, 0.15) is 28.5 Å². The molecule has 0 aliphatic heterocycles. The molecular weight excluding hydrogens is 292 g/mol. The summed E-state index contributed by atoms with van der Waals surface area (Å²) >= 11 is 1.27. The lowest BCUT2D eigenvalue weighted by Crippen LogP contribution is -2.12. The SMILES string of the molecule is COC(C)c1nnc(NC(=O)c2cc3ncccn3n2)s1. The zero-order chi connectivity index (χ0) is 14.8. The summed E-state index contributed by atoms with van der Waals surface area (Å²) < 4.78 is 6.69. The Morgan fingerprint density at radius 3 is 3.10 bits per heavy atom. The molecule has 0 aliphatic rings. The van der Waals surface area contributed by atoms with Gasteiger partial charge in [0.05, 0.1) is 0 Å². The summed E-state index contributed by atoms with van der Waals surface area (Å²) in [5.41, 5.74) is 0.874. The van der Waals surface area contributed by atoms with Gasteiger partial charge in [0.2, 0.25) is 5.13 Å². The number of amides is 1. The average Bonchev–Trinajstić information content (AvgIpc) is 3.12. The maximum Gasteiger partial charge on any atom is 0.278 e. The fourth-order valence-electron chi connectivity index (χ4n) is 1.65. The Kier molecular flexibility index (Phi) is 3.59. The molecule has 0 aliphatic carbocycles. The first kappa shape index (κ1) is 13.6. The third kappa shape index (κ3) is 2.73. The van der Waals surface area contributed by atoms with E-state index in [1.165, 1.54) is 15.9 Å². The molecule has 108 valence electrons. The van der Waals surface area contributed by atoms with Gasteiger partial charge in [-0.05, 0) is 13.0 Å². The number of hydrogen-bond donors (Lipinski definition) is 1. The van der Waals surface area contributed by atoms with Crippen LogP contribution in [0, 0.1) is 0 Å². The van der Waals surface area contributed by atoms with Gasteiger partial charge in [-0.25, -0.2) is 9.50 Å². The number of nitrogens with one attached hydrogen (secondary N) is 1. The van der Waals surface area contributed by atoms with Crippen molar-refractivity contribution in [3.05, 3.63) is 35.2 Å². The largest absolute Gasteiger partial charge is 0.374 e. The van der Waals surface area contributed by atoms with Crippen molar-refractivity contribution in [3.63, 3.8) is 0 Å². The zero-order valence-corrected chi connectivity index (χ0v) is 12.2. The van der Waals surface area contributed by atoms with Crippen molar-refractivity contribution in [1.82, 2.24) is 24.8 Å². The average molecular weight is 304 g/mol. The Hall–Kier alpha value is -2.39. The lowest BCUT2D eigenvalue weighted by Gasteiger charge is -2.02. The number of nitrogens with zero attached hydrogens (tertiary/aromatic N) is 5. The highest BCUT2D eigenvalue weighted by Crippen LogP contribution is 2.23. The Morgan fingerprint density at radius 2 is 2.33 bits per heavy atom. The second-order valence-corrected chi connectivity index (χ2v) is 5.24. The molecule has 0 radical (unpaired) electrons. The molecule has 0 saturated carbocycles. The molecular formula is C12H12N6O2S. The van der Waals surface area contributed by atoms with Crippen LogP contribution in [0.25, 0.3) is 5.65 Å². The third-order valence-corrected chi connectivity index (χ3v) is 3.83. The van der Waals surface area contributed by atoms with E-state index in [2.05, 4.69) is 25.6 Å². The Balaban J connectivity index is 1.78. The number of rotatable bonds is 4. The lowest BCUT2D eigenvalue weighted by atomic mass is 10.4. The van der Waals surface area contributed by atoms with Crippen molar-refractivity contribution in [2.45, 2.75) is 13.0 Å². The molecule has 3 aromatic rings. The number of anilines is 1. The van der Waals surface area contributed by atoms with Crippen molar-refractivity contribution in [2.75, 3.05) is 12.4 Å². The van der Waals surface area contributed by atoms with Crippen LogP contribution in [0.5, 0.6) is 0 Å². The number of methoxy groups -OCH3 is 1. The maximum atomic E-state index is 12.1. The normalized spacial score (nSPS) is 12.5. The lowest BCUT2D eigenvalue weighted by molar-refractivity contribution is 0.102. The Bertz CT molecular complexity index is 750. The third-order valence-electron chi connectivity index (χ3n) is 2.83. The van der Waals surface area contributed by atoms with Gasteiger partial charge >= 0.3 is 0 Å². The highest BCUT2D eigenvalue weighted by molar-refractivity contribution is 7.15. The summed E-state index contributed by atoms with van der Waals surface area (Å²) in [4.78, 5) is 16.2. The zero-order valence-electron chi connectivity index (χ0n) is 11.3. The summed E-state index contributed by atoms with van der Waals surface area (Å²) in [5, 5.41) is 15.8. The molecule has 3 heterocycles. The summed E-state index contributed by atoms with van der Waals surface area (Å²) in [6.45, 7) is 1.86. The monoisotopic (exact) mass is 304 g/mol. The predicted molar refractivity (Wildman–Crippen MR) is 76.3 cm³/mol. The fraction of sp³-hybridized carbons (Fsp3) is 0.250. The van der Waals surface area contributed by atoms with E-state index in [0.717, 1.165) is 0 Å². The van der Waals surface area contributed by atoms with Gasteiger partial charge in [0.15, 0.2) is 11.3 Å². The Labute approximate surface area is 123 Å². The first-order chi connectivity index (χ1) is 10.2. The van der Waals surface area contributed by atoms with Crippen LogP contribution in [0.2, 0.25) is 0 Å². The van der Waals surface area contributed by atoms with Crippen LogP contribution in [-0.2, 0) is 4.74 Å². The molecule has 1 atom stereocenters. The van der Waals surface area contributed by atoms with Gasteiger partial charge in [0, 0.05) is 25.6 Å². The van der Waals surface area contributed by atoms with Crippen molar-refractivity contribution in [1.29, 1.82) is 0 Å². The van der Waals surface area contributed by atoms with Gasteiger partial charge in [-0.3, -0.25) is 10.1 Å². The van der Waals surface area contributed by atoms with Crippen LogP contribution in [-0.4, -0.2) is 37.8 Å². The smallest absolute Gasteiger partial charge is 0.278 e. The predicted octanol–water partition coefficient (Wildman–Crippen LogP) is 1.54. The van der Waals surface area contributed by atoms with Crippen molar-refractivity contribution in [2.24, 2.45) is 0 Å². The minimum atomic E-state index is -0.353. The minimum absolute atomic E-state index is 0.160. The fourth-order valence-corrected chi connectivity index (χ4v) is 2.42. The molecule has 0 aromatic carbocycles. The molecule has 3 aromatic heterocycles. The quantitative estimate of drug-likeness (QED) is 0.785. The van der Waals surface area contributed by atoms with Crippen molar-refractivity contribution in [3.8, 4) is 0 Å². The van der Waals surface area contributed by atoms with Gasteiger partial charge in [-0.1, -0.05) is 11.3 Å². The molecule has 0 spiro atoms. The second kappa shape index (κ2) is 5.54. The van der Waals surface area contributed by atoms with E-state index in [4.69, 9.17) is 4.74 Å². The standard InChI is InChI=1S/C12H12N6O2S/c1-7(20-2)11-15-16-12(21-11)14-10(19)8-6-9-13-4-3-5-18(9)17-8/h3-7H,1-2H3,(H,14,16,19). The molecule has 0 bridgehead atoms. The van der Waals surface area contributed by atoms with Crippen molar-refractivity contribution < 1.29 is 9.53 Å². The van der Waals surface area contributed by atoms with Gasteiger partial charge in [0.1, 0.15) is 11.1 Å². The number of ether oxygens (including phenoxy) is 1. The van der Waals surface area contributed by atoms with Gasteiger partial charge < -0.3 is 4.74 Å². The molecule has 8 nitrogen and oxygen atoms in total. The highest BCUT2D eigenvalue weighted by atomic mass is 32.1. The minimum Gasteiger partial charge on any atom is -0.374 e. The first-order valence-electron chi connectivity index (χ1n) is 6.15. The summed E-state index contributed by atoms with van der Waals surface area (Å²) in [6, 6.07) is 3.35. The van der Waals surface area contributed by atoms with Crippen LogP contribution in [0.4, 0.5) is 5.13 Å². The molecule has 9 heteroatoms. The number of carbonyl (C=O) groups excluding carboxylic acids is 1. The van der Waals surface area contributed by atoms with Gasteiger partial charge in [-0.15, -0.1) is 10.2 Å². The molecule has 0 saturated heterocycles. The van der Waals surface area contributed by atoms with E-state index < -0.39 is 0 Å². The van der Waals surface area contributed by atoms with Crippen LogP contribution in [0.3, 0.4) is 0 Å². The van der Waals surface area contributed by atoms with Crippen LogP contribution >= 0.6 is 11.3 Å². The molecule has 1 amide bonds. The molecule has 21 heavy (non-hydrogen) atoms. The highest BCUT2D eigenvalue weighted by Gasteiger charge is 2.16. The summed E-state index contributed by atoms with van der Waals surface area (Å²) in [7, 11) is 1.59. The van der Waals surface area contributed by atoms with E-state index in [-0.39, 0.29) is 17.7 Å². The number of carbonyl (C=O) groups is 1. The maximum absolute atomic E-state index is 12.1. The molecule has 1 N–H and O–H groups in total. The molecule has 0 fully saturated rings. The first-order valence-corrected chi connectivity index (χ1v) is 6.97.